The molecule has 3 aliphatic rings. The Morgan fingerprint density at radius 3 is 2.47 bits per heavy atom. The van der Waals surface area contributed by atoms with Crippen molar-refractivity contribution in [1.82, 2.24) is 4.98 Å². The van der Waals surface area contributed by atoms with E-state index in [0.29, 0.717) is 33.7 Å². The van der Waals surface area contributed by atoms with E-state index >= 15 is 0 Å². The molecule has 7 nitrogen and oxygen atoms in total. The molecule has 1 amide bonds. The lowest BCUT2D eigenvalue weighted by atomic mass is 9.98. The van der Waals surface area contributed by atoms with Gasteiger partial charge >= 0.3 is 0 Å². The van der Waals surface area contributed by atoms with Gasteiger partial charge in [0.25, 0.3) is 5.91 Å². The number of allylic oxidation sites excluding steroid dienone is 1. The van der Waals surface area contributed by atoms with Crippen molar-refractivity contribution in [1.29, 1.82) is 0 Å². The number of amides is 1. The molecule has 1 unspecified atom stereocenters. The number of sulfone groups is 1. The van der Waals surface area contributed by atoms with E-state index in [0.717, 1.165) is 44.2 Å². The normalized spacial score (nSPS) is 23.4. The number of nitrogens with one attached hydrogen (secondary N) is 1. The molecule has 2 aliphatic carbocycles. The smallest absolute Gasteiger partial charge is 0.257 e. The van der Waals surface area contributed by atoms with Crippen molar-refractivity contribution in [3.8, 4) is 0 Å². The monoisotopic (exact) mass is 502 g/mol. The van der Waals surface area contributed by atoms with Gasteiger partial charge in [-0.05, 0) is 63.1 Å². The van der Waals surface area contributed by atoms with E-state index in [4.69, 9.17) is 9.47 Å². The lowest BCUT2D eigenvalue weighted by Gasteiger charge is -2.16. The minimum atomic E-state index is -3.26. The number of nitrogens with zero attached hydrogens (tertiary/aromatic N) is 1. The molecule has 2 heterocycles. The Morgan fingerprint density at radius 1 is 1.15 bits per heavy atom. The first-order chi connectivity index (χ1) is 16.2. The van der Waals surface area contributed by atoms with Gasteiger partial charge in [-0.3, -0.25) is 10.1 Å². The first kappa shape index (κ1) is 23.7. The van der Waals surface area contributed by atoms with Crippen LogP contribution in [0.5, 0.6) is 0 Å². The summed E-state index contributed by atoms with van der Waals surface area (Å²) in [6.45, 7) is 4.15. The molecular formula is C25H30N2O5S2. The fourth-order valence-electron chi connectivity index (χ4n) is 4.55. The summed E-state index contributed by atoms with van der Waals surface area (Å²) in [4.78, 5) is 18.2. The third kappa shape index (κ3) is 5.12. The van der Waals surface area contributed by atoms with Gasteiger partial charge in [-0.1, -0.05) is 31.1 Å². The number of rotatable bonds is 7. The molecule has 5 rings (SSSR count). The summed E-state index contributed by atoms with van der Waals surface area (Å²) in [5.41, 5.74) is 2.01. The average molecular weight is 503 g/mol. The molecule has 0 radical (unpaired) electrons. The number of aromatic nitrogens is 1. The lowest BCUT2D eigenvalue weighted by molar-refractivity contribution is -0.139. The molecule has 1 N–H and O–H groups in total. The number of carbonyl (C=O) groups is 1. The summed E-state index contributed by atoms with van der Waals surface area (Å²) < 4.78 is 36.6. The van der Waals surface area contributed by atoms with Crippen LogP contribution in [0.2, 0.25) is 0 Å². The number of hydrogen-bond acceptors (Lipinski definition) is 7. The average Bonchev–Trinajstić information content (AvgIpc) is 3.18. The van der Waals surface area contributed by atoms with Crippen molar-refractivity contribution in [2.75, 3.05) is 11.9 Å². The van der Waals surface area contributed by atoms with Crippen LogP contribution >= 0.6 is 11.3 Å². The summed E-state index contributed by atoms with van der Waals surface area (Å²) in [6, 6.07) is 6.74. The van der Waals surface area contributed by atoms with Crippen LogP contribution < -0.4 is 5.32 Å². The van der Waals surface area contributed by atoms with E-state index in [1.165, 1.54) is 11.3 Å². The Hall–Kier alpha value is -2.07. The zero-order chi connectivity index (χ0) is 23.9. The van der Waals surface area contributed by atoms with E-state index in [1.54, 1.807) is 24.3 Å². The summed E-state index contributed by atoms with van der Waals surface area (Å²) in [7, 11) is -3.26. The standard InChI is InChI=1S/C25H30N2O5S2/c1-25(2)31-14-22(32-25)21-15-33-24(26-21)27-23(28)20(13-16-5-3-4-6-16)17-7-9-18(10-8-17)34(29,30)19-11-12-19/h7-10,13,15-16,19,22H,3-6,11-12,14H2,1-2H3,(H,26,27,28)/b20-13+. The van der Waals surface area contributed by atoms with Gasteiger partial charge in [0.1, 0.15) is 6.10 Å². The predicted molar refractivity (Wildman–Crippen MR) is 131 cm³/mol. The zero-order valence-corrected chi connectivity index (χ0v) is 21.1. The fourth-order valence-corrected chi connectivity index (χ4v) is 6.95. The first-order valence-corrected chi connectivity index (χ1v) is 14.3. The van der Waals surface area contributed by atoms with E-state index < -0.39 is 15.6 Å². The number of anilines is 1. The van der Waals surface area contributed by atoms with Gasteiger partial charge in [-0.25, -0.2) is 13.4 Å². The Balaban J connectivity index is 1.36. The van der Waals surface area contributed by atoms with Gasteiger partial charge in [-0.15, -0.1) is 11.3 Å². The molecule has 1 saturated heterocycles. The highest BCUT2D eigenvalue weighted by Crippen LogP contribution is 2.36. The number of ether oxygens (including phenoxy) is 2. The van der Waals surface area contributed by atoms with Gasteiger partial charge in [0.05, 0.1) is 22.4 Å². The van der Waals surface area contributed by atoms with Crippen molar-refractivity contribution in [2.45, 2.75) is 74.4 Å². The highest BCUT2D eigenvalue weighted by atomic mass is 32.2. The summed E-state index contributed by atoms with van der Waals surface area (Å²) in [5, 5.41) is 5.06. The van der Waals surface area contributed by atoms with Gasteiger partial charge < -0.3 is 9.47 Å². The molecule has 2 aromatic rings. The van der Waals surface area contributed by atoms with Crippen LogP contribution in [0.25, 0.3) is 5.57 Å². The Kier molecular flexibility index (Phi) is 6.39. The van der Waals surface area contributed by atoms with Crippen molar-refractivity contribution < 1.29 is 22.7 Å². The maximum Gasteiger partial charge on any atom is 0.257 e. The van der Waals surface area contributed by atoms with E-state index in [9.17, 15) is 13.2 Å². The van der Waals surface area contributed by atoms with Crippen molar-refractivity contribution in [2.24, 2.45) is 5.92 Å². The third-order valence-electron chi connectivity index (χ3n) is 6.58. The molecule has 182 valence electrons. The quantitative estimate of drug-likeness (QED) is 0.529. The summed E-state index contributed by atoms with van der Waals surface area (Å²) in [5.74, 6) is -0.545. The fraction of sp³-hybridized carbons (Fsp3) is 0.520. The Labute approximate surface area is 204 Å². The maximum absolute atomic E-state index is 13.3. The van der Waals surface area contributed by atoms with Crippen molar-refractivity contribution >= 4 is 37.8 Å². The van der Waals surface area contributed by atoms with Crippen LogP contribution in [0.4, 0.5) is 5.13 Å². The molecular weight excluding hydrogens is 472 g/mol. The predicted octanol–water partition coefficient (Wildman–Crippen LogP) is 5.12. The number of benzene rings is 1. The number of hydrogen-bond donors (Lipinski definition) is 1. The molecule has 1 aliphatic heterocycles. The first-order valence-electron chi connectivity index (χ1n) is 11.9. The second-order valence-electron chi connectivity index (χ2n) is 9.74. The second-order valence-corrected chi connectivity index (χ2v) is 12.8. The second kappa shape index (κ2) is 9.18. The molecule has 1 aromatic carbocycles. The highest BCUT2D eigenvalue weighted by Gasteiger charge is 2.37. The van der Waals surface area contributed by atoms with Crippen molar-refractivity contribution in [3.63, 3.8) is 0 Å². The van der Waals surface area contributed by atoms with Crippen LogP contribution in [0.15, 0.2) is 40.6 Å². The molecule has 34 heavy (non-hydrogen) atoms. The van der Waals surface area contributed by atoms with Crippen LogP contribution in [0.1, 0.15) is 69.7 Å². The minimum absolute atomic E-state index is 0.241. The molecule has 0 bridgehead atoms. The van der Waals surface area contributed by atoms with Gasteiger partial charge in [0, 0.05) is 11.0 Å². The zero-order valence-electron chi connectivity index (χ0n) is 19.5. The topological polar surface area (TPSA) is 94.6 Å². The molecule has 1 aromatic heterocycles. The Morgan fingerprint density at radius 2 is 1.85 bits per heavy atom. The van der Waals surface area contributed by atoms with Gasteiger partial charge in [0.2, 0.25) is 0 Å². The number of thiazole rings is 1. The van der Waals surface area contributed by atoms with Gasteiger partial charge in [0.15, 0.2) is 20.8 Å². The SMILES string of the molecule is CC1(C)OCC(c2csc(NC(=O)/C(=C/C3CCCC3)c3ccc(S(=O)(=O)C4CC4)cc3)n2)O1. The van der Waals surface area contributed by atoms with Crippen LogP contribution in [0.3, 0.4) is 0 Å². The molecule has 2 saturated carbocycles. The summed E-state index contributed by atoms with van der Waals surface area (Å²) >= 11 is 1.35. The lowest BCUT2D eigenvalue weighted by Crippen LogP contribution is -2.19. The number of carbonyl (C=O) groups excluding carboxylic acids is 1. The van der Waals surface area contributed by atoms with Crippen LogP contribution in [-0.4, -0.2) is 37.0 Å². The van der Waals surface area contributed by atoms with E-state index in [1.807, 2.05) is 25.3 Å². The maximum atomic E-state index is 13.3. The van der Waals surface area contributed by atoms with Crippen molar-refractivity contribution in [3.05, 3.63) is 47.0 Å². The molecule has 0 spiro atoms. The Bertz CT molecular complexity index is 1190. The molecule has 1 atom stereocenters. The largest absolute Gasteiger partial charge is 0.347 e. The minimum Gasteiger partial charge on any atom is -0.347 e. The third-order valence-corrected chi connectivity index (χ3v) is 9.64. The van der Waals surface area contributed by atoms with Crippen LogP contribution in [-0.2, 0) is 24.1 Å². The van der Waals surface area contributed by atoms with Gasteiger partial charge in [-0.2, -0.15) is 0 Å². The van der Waals surface area contributed by atoms with E-state index in [2.05, 4.69) is 10.3 Å². The molecule has 3 fully saturated rings. The van der Waals surface area contributed by atoms with E-state index in [-0.39, 0.29) is 17.3 Å². The van der Waals surface area contributed by atoms with Crippen LogP contribution in [0, 0.1) is 5.92 Å². The summed E-state index contributed by atoms with van der Waals surface area (Å²) in [6.07, 6.45) is 7.66. The molecule has 9 heteroatoms. The highest BCUT2D eigenvalue weighted by molar-refractivity contribution is 7.92.